The number of rotatable bonds is 7. The van der Waals surface area contributed by atoms with Gasteiger partial charge in [-0.2, -0.15) is 0 Å². The molecule has 144 valence electrons. The first-order chi connectivity index (χ1) is 11.1. The Kier molecular flexibility index (Phi) is 9.96. The zero-order valence-electron chi connectivity index (χ0n) is 15.6. The standard InChI is InChI=1S/C17H29N3O3S.HI/c1-6-18-16(20-11-17(3,4)12-21)19-10-14-7-8-15(13(2)9-14)24(5,22)23;/h7-9,21H,6,10-12H2,1-5H3,(H2,18,19,20);1H. The van der Waals surface area contributed by atoms with E-state index < -0.39 is 9.84 Å². The normalized spacial score (nSPS) is 12.5. The van der Waals surface area contributed by atoms with E-state index in [0.717, 1.165) is 17.7 Å². The summed E-state index contributed by atoms with van der Waals surface area (Å²) in [4.78, 5) is 4.87. The Labute approximate surface area is 168 Å². The summed E-state index contributed by atoms with van der Waals surface area (Å²) in [5, 5.41) is 15.7. The van der Waals surface area contributed by atoms with Gasteiger partial charge in [0.2, 0.25) is 0 Å². The average molecular weight is 483 g/mol. The van der Waals surface area contributed by atoms with E-state index >= 15 is 0 Å². The number of guanidine groups is 1. The highest BCUT2D eigenvalue weighted by Gasteiger charge is 2.16. The molecule has 1 rings (SSSR count). The van der Waals surface area contributed by atoms with Crippen LogP contribution in [0.1, 0.15) is 31.9 Å². The number of aryl methyl sites for hydroxylation is 1. The van der Waals surface area contributed by atoms with Crippen molar-refractivity contribution >= 4 is 39.8 Å². The Morgan fingerprint density at radius 3 is 2.40 bits per heavy atom. The minimum Gasteiger partial charge on any atom is -0.396 e. The highest BCUT2D eigenvalue weighted by atomic mass is 127. The fourth-order valence-corrected chi connectivity index (χ4v) is 3.08. The third kappa shape index (κ3) is 8.37. The molecule has 8 heteroatoms. The van der Waals surface area contributed by atoms with Crippen LogP contribution in [-0.2, 0) is 16.4 Å². The van der Waals surface area contributed by atoms with Crippen molar-refractivity contribution in [3.05, 3.63) is 29.3 Å². The van der Waals surface area contributed by atoms with Crippen LogP contribution in [0.15, 0.2) is 28.1 Å². The molecule has 0 saturated carbocycles. The van der Waals surface area contributed by atoms with E-state index in [2.05, 4.69) is 15.6 Å². The molecule has 0 aromatic heterocycles. The lowest BCUT2D eigenvalue weighted by molar-refractivity contribution is 0.162. The van der Waals surface area contributed by atoms with Crippen molar-refractivity contribution in [2.75, 3.05) is 26.0 Å². The van der Waals surface area contributed by atoms with Crippen LogP contribution in [0.3, 0.4) is 0 Å². The first-order valence-electron chi connectivity index (χ1n) is 8.01. The molecule has 0 radical (unpaired) electrons. The van der Waals surface area contributed by atoms with Crippen molar-refractivity contribution in [1.29, 1.82) is 0 Å². The third-order valence-electron chi connectivity index (χ3n) is 3.57. The van der Waals surface area contributed by atoms with Gasteiger partial charge < -0.3 is 15.7 Å². The van der Waals surface area contributed by atoms with Crippen LogP contribution in [0.2, 0.25) is 0 Å². The van der Waals surface area contributed by atoms with Crippen molar-refractivity contribution in [1.82, 2.24) is 10.6 Å². The lowest BCUT2D eigenvalue weighted by atomic mass is 9.95. The van der Waals surface area contributed by atoms with E-state index in [1.165, 1.54) is 6.26 Å². The zero-order chi connectivity index (χ0) is 18.4. The second-order valence-corrected chi connectivity index (χ2v) is 8.73. The molecule has 0 aliphatic heterocycles. The predicted molar refractivity (Wildman–Crippen MR) is 113 cm³/mol. The Hall–Kier alpha value is -0.870. The molecule has 0 fully saturated rings. The maximum atomic E-state index is 11.7. The number of aliphatic hydroxyl groups excluding tert-OH is 1. The summed E-state index contributed by atoms with van der Waals surface area (Å²) in [6, 6.07) is 5.26. The predicted octanol–water partition coefficient (Wildman–Crippen LogP) is 2.09. The van der Waals surface area contributed by atoms with E-state index in [4.69, 9.17) is 0 Å². The average Bonchev–Trinajstić information content (AvgIpc) is 2.49. The second kappa shape index (κ2) is 10.3. The summed E-state index contributed by atoms with van der Waals surface area (Å²) in [6.45, 7) is 9.58. The summed E-state index contributed by atoms with van der Waals surface area (Å²) in [5.41, 5.74) is 1.44. The van der Waals surface area contributed by atoms with Crippen molar-refractivity contribution in [3.8, 4) is 0 Å². The molecule has 6 nitrogen and oxygen atoms in total. The molecule has 0 aliphatic carbocycles. The number of hydrogen-bond donors (Lipinski definition) is 3. The van der Waals surface area contributed by atoms with Crippen LogP contribution in [0.25, 0.3) is 0 Å². The molecule has 0 heterocycles. The van der Waals surface area contributed by atoms with Crippen LogP contribution in [-0.4, -0.2) is 45.4 Å². The molecule has 0 bridgehead atoms. The summed E-state index contributed by atoms with van der Waals surface area (Å²) in [6.07, 6.45) is 1.21. The zero-order valence-corrected chi connectivity index (χ0v) is 18.7. The fourth-order valence-electron chi connectivity index (χ4n) is 2.12. The molecule has 0 aliphatic rings. The molecule has 0 atom stereocenters. The van der Waals surface area contributed by atoms with E-state index in [1.807, 2.05) is 26.8 Å². The number of hydrogen-bond acceptors (Lipinski definition) is 4. The van der Waals surface area contributed by atoms with Gasteiger partial charge >= 0.3 is 0 Å². The Morgan fingerprint density at radius 2 is 1.92 bits per heavy atom. The molecule has 0 unspecified atom stereocenters. The van der Waals surface area contributed by atoms with Gasteiger partial charge in [-0.05, 0) is 31.0 Å². The van der Waals surface area contributed by atoms with E-state index in [9.17, 15) is 13.5 Å². The molecule has 0 saturated heterocycles. The van der Waals surface area contributed by atoms with Gasteiger partial charge in [0.15, 0.2) is 15.8 Å². The van der Waals surface area contributed by atoms with Gasteiger partial charge in [0.25, 0.3) is 0 Å². The number of aliphatic hydroxyl groups is 1. The molecule has 1 aromatic carbocycles. The number of sulfone groups is 1. The van der Waals surface area contributed by atoms with Crippen molar-refractivity contribution < 1.29 is 13.5 Å². The first-order valence-corrected chi connectivity index (χ1v) is 9.91. The number of nitrogens with zero attached hydrogens (tertiary/aromatic N) is 1. The Balaban J connectivity index is 0.00000576. The van der Waals surface area contributed by atoms with Gasteiger partial charge in [0.05, 0.1) is 11.4 Å². The molecule has 3 N–H and O–H groups in total. The van der Waals surface area contributed by atoms with Crippen molar-refractivity contribution in [2.45, 2.75) is 39.1 Å². The van der Waals surface area contributed by atoms with E-state index in [-0.39, 0.29) is 36.0 Å². The SMILES string of the molecule is CCNC(=NCc1ccc(S(C)(=O)=O)c(C)c1)NCC(C)(C)CO.I. The summed E-state index contributed by atoms with van der Waals surface area (Å²) in [5.74, 6) is 0.670. The lowest BCUT2D eigenvalue weighted by Gasteiger charge is -2.23. The topological polar surface area (TPSA) is 90.8 Å². The number of nitrogens with one attached hydrogen (secondary N) is 2. The molecule has 1 aromatic rings. The van der Waals surface area contributed by atoms with Crippen LogP contribution >= 0.6 is 24.0 Å². The van der Waals surface area contributed by atoms with Gasteiger partial charge in [-0.3, -0.25) is 0 Å². The second-order valence-electron chi connectivity index (χ2n) is 6.74. The van der Waals surface area contributed by atoms with Gasteiger partial charge in [-0.25, -0.2) is 13.4 Å². The summed E-state index contributed by atoms with van der Waals surface area (Å²) in [7, 11) is -3.20. The van der Waals surface area contributed by atoms with Gasteiger partial charge in [-0.15, -0.1) is 24.0 Å². The lowest BCUT2D eigenvalue weighted by Crippen LogP contribution is -2.43. The molecular formula is C17H30IN3O3S. The largest absolute Gasteiger partial charge is 0.396 e. The summed E-state index contributed by atoms with van der Waals surface area (Å²) < 4.78 is 23.3. The van der Waals surface area contributed by atoms with Crippen molar-refractivity contribution in [3.63, 3.8) is 0 Å². The van der Waals surface area contributed by atoms with Gasteiger partial charge in [0.1, 0.15) is 0 Å². The van der Waals surface area contributed by atoms with Crippen LogP contribution in [0, 0.1) is 12.3 Å². The third-order valence-corrected chi connectivity index (χ3v) is 4.82. The maximum Gasteiger partial charge on any atom is 0.191 e. The number of benzene rings is 1. The van der Waals surface area contributed by atoms with Gasteiger partial charge in [0, 0.05) is 31.4 Å². The van der Waals surface area contributed by atoms with E-state index in [0.29, 0.717) is 23.9 Å². The van der Waals surface area contributed by atoms with Crippen LogP contribution in [0.4, 0.5) is 0 Å². The molecule has 25 heavy (non-hydrogen) atoms. The molecule has 0 amide bonds. The number of halogens is 1. The minimum absolute atomic E-state index is 0. The first kappa shape index (κ1) is 24.1. The highest BCUT2D eigenvalue weighted by Crippen LogP contribution is 2.17. The fraction of sp³-hybridized carbons (Fsp3) is 0.588. The van der Waals surface area contributed by atoms with Crippen molar-refractivity contribution in [2.24, 2.45) is 10.4 Å². The number of aliphatic imine (C=N–C) groups is 1. The Morgan fingerprint density at radius 1 is 1.28 bits per heavy atom. The quantitative estimate of drug-likeness (QED) is 0.314. The minimum atomic E-state index is -3.20. The van der Waals surface area contributed by atoms with Crippen LogP contribution in [0.5, 0.6) is 0 Å². The van der Waals surface area contributed by atoms with Gasteiger partial charge in [-0.1, -0.05) is 26.0 Å². The molecular weight excluding hydrogens is 453 g/mol. The van der Waals surface area contributed by atoms with Crippen LogP contribution < -0.4 is 10.6 Å². The highest BCUT2D eigenvalue weighted by molar-refractivity contribution is 14.0. The van der Waals surface area contributed by atoms with E-state index in [1.54, 1.807) is 19.1 Å². The monoisotopic (exact) mass is 483 g/mol. The summed E-state index contributed by atoms with van der Waals surface area (Å²) >= 11 is 0. The maximum absolute atomic E-state index is 11.7. The smallest absolute Gasteiger partial charge is 0.191 e. The Bertz CT molecular complexity index is 688. The molecule has 0 spiro atoms.